The number of aliphatic carboxylic acids is 1. The summed E-state index contributed by atoms with van der Waals surface area (Å²) < 4.78 is 0. The molecule has 0 fully saturated rings. The van der Waals surface area contributed by atoms with Crippen LogP contribution in [0, 0.1) is 0 Å². The molecule has 2 aromatic rings. The first-order valence-corrected chi connectivity index (χ1v) is 11.0. The third-order valence-corrected chi connectivity index (χ3v) is 5.11. The number of phenols is 1. The molecule has 2 aromatic carbocycles. The van der Waals surface area contributed by atoms with E-state index in [4.69, 9.17) is 11.5 Å². The predicted molar refractivity (Wildman–Crippen MR) is 128 cm³/mol. The number of nitrogens with one attached hydrogen (secondary N) is 3. The minimum atomic E-state index is -1.57. The van der Waals surface area contributed by atoms with Crippen LogP contribution in [0.1, 0.15) is 17.5 Å². The van der Waals surface area contributed by atoms with Crippen LogP contribution in [-0.4, -0.2) is 64.5 Å². The van der Waals surface area contributed by atoms with E-state index in [0.29, 0.717) is 11.1 Å². The highest BCUT2D eigenvalue weighted by atomic mass is 16.4. The van der Waals surface area contributed by atoms with Gasteiger partial charge >= 0.3 is 5.97 Å². The number of hydrogen-bond donors (Lipinski definition) is 7. The number of rotatable bonds is 13. The molecule has 0 bridgehead atoms. The van der Waals surface area contributed by atoms with Gasteiger partial charge in [0.1, 0.15) is 17.8 Å². The average molecular weight is 500 g/mol. The minimum Gasteiger partial charge on any atom is -0.508 e. The second kappa shape index (κ2) is 13.4. The number of primary amides is 1. The van der Waals surface area contributed by atoms with Gasteiger partial charge in [-0.3, -0.25) is 19.2 Å². The molecule has 0 radical (unpaired) electrons. The highest BCUT2D eigenvalue weighted by Gasteiger charge is 2.28. The number of phenolic OH excluding ortho intramolecular Hbond substituents is 1. The zero-order valence-electron chi connectivity index (χ0n) is 19.3. The van der Waals surface area contributed by atoms with Crippen LogP contribution in [0.5, 0.6) is 5.75 Å². The molecule has 0 aliphatic heterocycles. The van der Waals surface area contributed by atoms with Gasteiger partial charge in [-0.2, -0.15) is 0 Å². The molecule has 0 heterocycles. The standard InChI is InChI=1S/C24H29N5O7/c25-17(10-15-6-8-16(30)9-7-15)22(33)27-13-21(32)28-18(11-14-4-2-1-3-5-14)23(34)29-19(24(35)36)12-20(26)31/h1-9,17-19,30H,10-13,25H2,(H2,26,31)(H,27,33)(H,28,32)(H,29,34)(H,35,36). The molecule has 36 heavy (non-hydrogen) atoms. The van der Waals surface area contributed by atoms with Crippen LogP contribution in [0.3, 0.4) is 0 Å². The Morgan fingerprint density at radius 1 is 0.806 bits per heavy atom. The second-order valence-electron chi connectivity index (χ2n) is 8.07. The van der Waals surface area contributed by atoms with Crippen molar-refractivity contribution in [1.82, 2.24) is 16.0 Å². The molecule has 0 spiro atoms. The molecule has 192 valence electrons. The number of aromatic hydroxyl groups is 1. The second-order valence-corrected chi connectivity index (χ2v) is 8.07. The Hall–Kier alpha value is -4.45. The number of carbonyl (C=O) groups excluding carboxylic acids is 4. The van der Waals surface area contributed by atoms with Crippen molar-refractivity contribution < 1.29 is 34.2 Å². The van der Waals surface area contributed by atoms with Crippen molar-refractivity contribution in [1.29, 1.82) is 0 Å². The van der Waals surface area contributed by atoms with Crippen molar-refractivity contribution in [3.63, 3.8) is 0 Å². The molecule has 2 rings (SSSR count). The molecule has 12 heteroatoms. The van der Waals surface area contributed by atoms with E-state index in [-0.39, 0.29) is 18.6 Å². The highest BCUT2D eigenvalue weighted by Crippen LogP contribution is 2.11. The van der Waals surface area contributed by atoms with Crippen LogP contribution in [0.2, 0.25) is 0 Å². The minimum absolute atomic E-state index is 0.0234. The van der Waals surface area contributed by atoms with Crippen molar-refractivity contribution in [2.75, 3.05) is 6.54 Å². The van der Waals surface area contributed by atoms with E-state index in [1.165, 1.54) is 12.1 Å². The van der Waals surface area contributed by atoms with Gasteiger partial charge in [-0.15, -0.1) is 0 Å². The summed E-state index contributed by atoms with van der Waals surface area (Å²) >= 11 is 0. The lowest BCUT2D eigenvalue weighted by molar-refractivity contribution is -0.143. The fraction of sp³-hybridized carbons (Fsp3) is 0.292. The maximum absolute atomic E-state index is 12.8. The normalized spacial score (nSPS) is 13.0. The molecule has 12 nitrogen and oxygen atoms in total. The summed E-state index contributed by atoms with van der Waals surface area (Å²) in [4.78, 5) is 60.1. The topological polar surface area (TPSA) is 214 Å². The SMILES string of the molecule is NC(=O)CC(NC(=O)C(Cc1ccccc1)NC(=O)CNC(=O)C(N)Cc1ccc(O)cc1)C(=O)O. The summed E-state index contributed by atoms with van der Waals surface area (Å²) in [5, 5.41) is 25.7. The van der Waals surface area contributed by atoms with Crippen LogP contribution >= 0.6 is 0 Å². The monoisotopic (exact) mass is 499 g/mol. The Balaban J connectivity index is 1.99. The summed E-state index contributed by atoms with van der Waals surface area (Å²) in [5.41, 5.74) is 12.3. The molecular weight excluding hydrogens is 470 g/mol. The van der Waals surface area contributed by atoms with Gasteiger partial charge in [-0.05, 0) is 29.7 Å². The van der Waals surface area contributed by atoms with E-state index in [2.05, 4.69) is 16.0 Å². The third-order valence-electron chi connectivity index (χ3n) is 5.11. The van der Waals surface area contributed by atoms with Crippen LogP contribution in [0.25, 0.3) is 0 Å². The fourth-order valence-corrected chi connectivity index (χ4v) is 3.26. The van der Waals surface area contributed by atoms with Gasteiger partial charge in [-0.25, -0.2) is 4.79 Å². The average Bonchev–Trinajstić information content (AvgIpc) is 2.83. The number of amides is 4. The van der Waals surface area contributed by atoms with Crippen LogP contribution in [0.4, 0.5) is 0 Å². The van der Waals surface area contributed by atoms with Crippen LogP contribution < -0.4 is 27.4 Å². The summed E-state index contributed by atoms with van der Waals surface area (Å²) in [6.07, 6.45) is -0.430. The first-order chi connectivity index (χ1) is 17.0. The quantitative estimate of drug-likeness (QED) is 0.173. The van der Waals surface area contributed by atoms with E-state index in [1.807, 2.05) is 0 Å². The van der Waals surface area contributed by atoms with Gasteiger partial charge in [0.2, 0.25) is 23.6 Å². The van der Waals surface area contributed by atoms with Gasteiger partial charge < -0.3 is 37.6 Å². The lowest BCUT2D eigenvalue weighted by Crippen LogP contribution is -2.55. The Bertz CT molecular complexity index is 1080. The van der Waals surface area contributed by atoms with Crippen LogP contribution in [0.15, 0.2) is 54.6 Å². The Labute approximate surface area is 207 Å². The molecular formula is C24H29N5O7. The largest absolute Gasteiger partial charge is 0.508 e. The summed E-state index contributed by atoms with van der Waals surface area (Å²) in [6.45, 7) is -0.482. The smallest absolute Gasteiger partial charge is 0.326 e. The molecule has 0 aromatic heterocycles. The number of carboxylic acids is 1. The number of nitrogens with two attached hydrogens (primary N) is 2. The molecule has 0 saturated carbocycles. The molecule has 0 aliphatic carbocycles. The summed E-state index contributed by atoms with van der Waals surface area (Å²) in [6, 6.07) is 11.1. The molecule has 0 aliphatic rings. The maximum Gasteiger partial charge on any atom is 0.326 e. The van der Waals surface area contributed by atoms with E-state index in [1.54, 1.807) is 42.5 Å². The van der Waals surface area contributed by atoms with Crippen molar-refractivity contribution in [3.05, 3.63) is 65.7 Å². The maximum atomic E-state index is 12.8. The zero-order valence-corrected chi connectivity index (χ0v) is 19.3. The molecule has 0 saturated heterocycles. The van der Waals surface area contributed by atoms with Gasteiger partial charge in [-0.1, -0.05) is 42.5 Å². The number of carboxylic acid groups (broad SMARTS) is 1. The highest BCUT2D eigenvalue weighted by molar-refractivity contribution is 5.93. The lowest BCUT2D eigenvalue weighted by Gasteiger charge is -2.21. The summed E-state index contributed by atoms with van der Waals surface area (Å²) in [5.74, 6) is -4.45. The fourth-order valence-electron chi connectivity index (χ4n) is 3.26. The molecule has 9 N–H and O–H groups in total. The van der Waals surface area contributed by atoms with Crippen LogP contribution in [-0.2, 0) is 36.8 Å². The zero-order chi connectivity index (χ0) is 26.7. The molecule has 4 amide bonds. The molecule has 3 atom stereocenters. The molecule has 3 unspecified atom stereocenters. The lowest BCUT2D eigenvalue weighted by atomic mass is 10.0. The number of benzene rings is 2. The van der Waals surface area contributed by atoms with Gasteiger partial charge in [0.25, 0.3) is 0 Å². The first kappa shape index (κ1) is 27.8. The predicted octanol–water partition coefficient (Wildman–Crippen LogP) is -1.45. The van der Waals surface area contributed by atoms with Crippen molar-refractivity contribution in [2.24, 2.45) is 11.5 Å². The Kier molecular flexibility index (Phi) is 10.4. The summed E-state index contributed by atoms with van der Waals surface area (Å²) in [7, 11) is 0. The number of carbonyl (C=O) groups is 5. The van der Waals surface area contributed by atoms with Gasteiger partial charge in [0.15, 0.2) is 0 Å². The Morgan fingerprint density at radius 3 is 2.00 bits per heavy atom. The first-order valence-electron chi connectivity index (χ1n) is 11.0. The van der Waals surface area contributed by atoms with Gasteiger partial charge in [0, 0.05) is 6.42 Å². The van der Waals surface area contributed by atoms with E-state index >= 15 is 0 Å². The van der Waals surface area contributed by atoms with Crippen molar-refractivity contribution in [3.8, 4) is 5.75 Å². The van der Waals surface area contributed by atoms with E-state index in [0.717, 1.165) is 0 Å². The van der Waals surface area contributed by atoms with E-state index < -0.39 is 60.7 Å². The number of hydrogen-bond acceptors (Lipinski definition) is 7. The Morgan fingerprint density at radius 2 is 1.42 bits per heavy atom. The van der Waals surface area contributed by atoms with E-state index in [9.17, 15) is 34.2 Å². The van der Waals surface area contributed by atoms with Gasteiger partial charge in [0.05, 0.1) is 19.0 Å². The van der Waals surface area contributed by atoms with Crippen molar-refractivity contribution >= 4 is 29.6 Å². The van der Waals surface area contributed by atoms with Crippen molar-refractivity contribution in [2.45, 2.75) is 37.4 Å². The third kappa shape index (κ3) is 9.43.